The number of amides is 1. The van der Waals surface area contributed by atoms with Crippen molar-refractivity contribution in [2.75, 3.05) is 0 Å². The standard InChI is InChI=1S/C19H15FN4OS2/c1-11-9-13(12(2)24(11)15-5-3-14(20)4-6-15)10-16-17(25)22-19(27-16)23-18-21-7-8-26-18/h3-10H,1-2H3,(H,21,22,23,25)/b16-10-. The topological polar surface area (TPSA) is 59.3 Å². The van der Waals surface area contributed by atoms with Gasteiger partial charge in [-0.2, -0.15) is 4.99 Å². The molecule has 0 bridgehead atoms. The summed E-state index contributed by atoms with van der Waals surface area (Å²) in [5, 5.41) is 5.73. The number of thioether (sulfide) groups is 1. The van der Waals surface area contributed by atoms with Gasteiger partial charge in [-0.1, -0.05) is 0 Å². The molecule has 1 saturated heterocycles. The number of carbonyl (C=O) groups is 1. The van der Waals surface area contributed by atoms with Gasteiger partial charge in [0.2, 0.25) is 5.13 Å². The number of halogens is 1. The Kier molecular flexibility index (Phi) is 4.67. The molecular formula is C19H15FN4OS2. The van der Waals surface area contributed by atoms with E-state index in [4.69, 9.17) is 0 Å². The number of nitrogens with one attached hydrogen (secondary N) is 1. The summed E-state index contributed by atoms with van der Waals surface area (Å²) in [7, 11) is 0. The van der Waals surface area contributed by atoms with Gasteiger partial charge in [0, 0.05) is 28.7 Å². The summed E-state index contributed by atoms with van der Waals surface area (Å²) in [5.41, 5.74) is 3.80. The van der Waals surface area contributed by atoms with E-state index in [1.807, 2.05) is 35.9 Å². The minimum atomic E-state index is -0.269. The monoisotopic (exact) mass is 398 g/mol. The van der Waals surface area contributed by atoms with Gasteiger partial charge >= 0.3 is 0 Å². The van der Waals surface area contributed by atoms with Crippen LogP contribution in [0.3, 0.4) is 0 Å². The van der Waals surface area contributed by atoms with E-state index in [1.165, 1.54) is 35.2 Å². The molecule has 4 rings (SSSR count). The highest BCUT2D eigenvalue weighted by atomic mass is 32.2. The number of aryl methyl sites for hydroxylation is 1. The largest absolute Gasteiger partial charge is 0.318 e. The fourth-order valence-corrected chi connectivity index (χ4v) is 4.28. The van der Waals surface area contributed by atoms with E-state index in [2.05, 4.69) is 15.3 Å². The number of nitrogens with zero attached hydrogens (tertiary/aromatic N) is 3. The maximum absolute atomic E-state index is 13.2. The predicted octanol–water partition coefficient (Wildman–Crippen LogP) is 4.58. The molecule has 1 aliphatic heterocycles. The number of benzene rings is 1. The van der Waals surface area contributed by atoms with Crippen molar-refractivity contribution in [1.29, 1.82) is 0 Å². The van der Waals surface area contributed by atoms with Crippen LogP contribution in [0.1, 0.15) is 17.0 Å². The number of rotatable bonds is 3. The molecule has 5 nitrogen and oxygen atoms in total. The quantitative estimate of drug-likeness (QED) is 0.657. The first kappa shape index (κ1) is 17.7. The molecule has 0 spiro atoms. The second kappa shape index (κ2) is 7.13. The molecule has 1 aromatic carbocycles. The van der Waals surface area contributed by atoms with Crippen molar-refractivity contribution < 1.29 is 9.18 Å². The van der Waals surface area contributed by atoms with Crippen molar-refractivity contribution in [3.05, 3.63) is 69.6 Å². The van der Waals surface area contributed by atoms with Crippen LogP contribution in [0.15, 0.2) is 51.8 Å². The lowest BCUT2D eigenvalue weighted by atomic mass is 10.2. The highest BCUT2D eigenvalue weighted by Crippen LogP contribution is 2.30. The highest BCUT2D eigenvalue weighted by Gasteiger charge is 2.25. The first-order valence-electron chi connectivity index (χ1n) is 8.15. The zero-order valence-electron chi connectivity index (χ0n) is 14.6. The second-order valence-electron chi connectivity index (χ2n) is 5.93. The summed E-state index contributed by atoms with van der Waals surface area (Å²) in [6.07, 6.45) is 3.53. The maximum atomic E-state index is 13.2. The Hall–Kier alpha value is -2.71. The summed E-state index contributed by atoms with van der Waals surface area (Å²) in [6.45, 7) is 3.96. The fourth-order valence-electron chi connectivity index (χ4n) is 2.90. The highest BCUT2D eigenvalue weighted by molar-refractivity contribution is 8.18. The summed E-state index contributed by atoms with van der Waals surface area (Å²) in [4.78, 5) is 21.3. The Morgan fingerprint density at radius 1 is 1.26 bits per heavy atom. The van der Waals surface area contributed by atoms with Crippen LogP contribution < -0.4 is 5.32 Å². The molecule has 1 N–H and O–H groups in total. The van der Waals surface area contributed by atoms with Gasteiger partial charge in [0.25, 0.3) is 5.91 Å². The Bertz CT molecular complexity index is 1070. The molecule has 3 aromatic rings. The van der Waals surface area contributed by atoms with E-state index in [-0.39, 0.29) is 11.7 Å². The summed E-state index contributed by atoms with van der Waals surface area (Å²) in [5.74, 6) is -0.448. The zero-order chi connectivity index (χ0) is 19.0. The molecular weight excluding hydrogens is 383 g/mol. The molecule has 8 heteroatoms. The van der Waals surface area contributed by atoms with Crippen LogP contribution in [-0.4, -0.2) is 20.6 Å². The lowest BCUT2D eigenvalue weighted by Gasteiger charge is -2.09. The van der Waals surface area contributed by atoms with Gasteiger partial charge in [0.15, 0.2) is 5.17 Å². The molecule has 3 heterocycles. The number of thiazole rings is 1. The number of carbonyl (C=O) groups excluding carboxylic acids is 1. The first-order valence-corrected chi connectivity index (χ1v) is 9.85. The van der Waals surface area contributed by atoms with E-state index < -0.39 is 0 Å². The Morgan fingerprint density at radius 2 is 2.04 bits per heavy atom. The van der Waals surface area contributed by atoms with Gasteiger partial charge in [-0.25, -0.2) is 9.37 Å². The molecule has 0 saturated carbocycles. The maximum Gasteiger partial charge on any atom is 0.264 e. The van der Waals surface area contributed by atoms with Gasteiger partial charge in [-0.15, -0.1) is 11.3 Å². The van der Waals surface area contributed by atoms with Crippen LogP contribution in [0.4, 0.5) is 9.52 Å². The number of amidine groups is 1. The average Bonchev–Trinajstić information content (AvgIpc) is 3.32. The van der Waals surface area contributed by atoms with Gasteiger partial charge in [0.1, 0.15) is 5.82 Å². The Labute approximate surface area is 163 Å². The van der Waals surface area contributed by atoms with Crippen LogP contribution in [0.2, 0.25) is 0 Å². The predicted molar refractivity (Wildman–Crippen MR) is 108 cm³/mol. The zero-order valence-corrected chi connectivity index (χ0v) is 16.2. The summed E-state index contributed by atoms with van der Waals surface area (Å²) in [6, 6.07) is 8.36. The van der Waals surface area contributed by atoms with Crippen LogP contribution in [-0.2, 0) is 4.79 Å². The lowest BCUT2D eigenvalue weighted by Crippen LogP contribution is -2.19. The first-order chi connectivity index (χ1) is 13.0. The van der Waals surface area contributed by atoms with E-state index >= 15 is 0 Å². The minimum absolute atomic E-state index is 0.179. The van der Waals surface area contributed by atoms with Gasteiger partial charge in [-0.3, -0.25) is 4.79 Å². The average molecular weight is 398 g/mol. The molecule has 1 amide bonds. The SMILES string of the molecule is Cc1cc(/C=C2\S/C(=N/c3nccs3)NC2=O)c(C)n1-c1ccc(F)cc1. The third-order valence-electron chi connectivity index (χ3n) is 4.11. The normalized spacial score (nSPS) is 17.1. The third kappa shape index (κ3) is 3.58. The van der Waals surface area contributed by atoms with Crippen molar-refractivity contribution in [2.45, 2.75) is 13.8 Å². The molecule has 136 valence electrons. The van der Waals surface area contributed by atoms with Crippen molar-refractivity contribution in [1.82, 2.24) is 14.9 Å². The lowest BCUT2D eigenvalue weighted by molar-refractivity contribution is -0.115. The number of aromatic nitrogens is 2. The number of hydrogen-bond donors (Lipinski definition) is 1. The Morgan fingerprint density at radius 3 is 2.74 bits per heavy atom. The van der Waals surface area contributed by atoms with Crippen molar-refractivity contribution in [3.8, 4) is 5.69 Å². The molecule has 0 radical (unpaired) electrons. The van der Waals surface area contributed by atoms with Crippen molar-refractivity contribution in [3.63, 3.8) is 0 Å². The van der Waals surface area contributed by atoms with E-state index in [9.17, 15) is 9.18 Å². The number of aliphatic imine (C=N–C) groups is 1. The fraction of sp³-hybridized carbons (Fsp3) is 0.105. The second-order valence-corrected chi connectivity index (χ2v) is 7.84. The van der Waals surface area contributed by atoms with E-state index in [0.29, 0.717) is 15.2 Å². The molecule has 0 unspecified atom stereocenters. The summed E-state index contributed by atoms with van der Waals surface area (Å²) < 4.78 is 15.2. The minimum Gasteiger partial charge on any atom is -0.318 e. The molecule has 0 aliphatic carbocycles. The molecule has 27 heavy (non-hydrogen) atoms. The van der Waals surface area contributed by atoms with Crippen molar-refractivity contribution in [2.24, 2.45) is 4.99 Å². The van der Waals surface area contributed by atoms with Gasteiger partial charge < -0.3 is 9.88 Å². The molecule has 2 aromatic heterocycles. The van der Waals surface area contributed by atoms with Crippen LogP contribution in [0.25, 0.3) is 11.8 Å². The van der Waals surface area contributed by atoms with Crippen LogP contribution in [0, 0.1) is 19.7 Å². The van der Waals surface area contributed by atoms with Crippen LogP contribution in [0.5, 0.6) is 0 Å². The smallest absolute Gasteiger partial charge is 0.264 e. The molecule has 1 aliphatic rings. The van der Waals surface area contributed by atoms with Gasteiger partial charge in [0.05, 0.1) is 4.91 Å². The third-order valence-corrected chi connectivity index (χ3v) is 5.68. The van der Waals surface area contributed by atoms with Gasteiger partial charge in [-0.05, 0) is 67.6 Å². The van der Waals surface area contributed by atoms with E-state index in [1.54, 1.807) is 18.3 Å². The van der Waals surface area contributed by atoms with E-state index in [0.717, 1.165) is 22.6 Å². The number of hydrogen-bond acceptors (Lipinski definition) is 5. The summed E-state index contributed by atoms with van der Waals surface area (Å²) >= 11 is 2.70. The van der Waals surface area contributed by atoms with Crippen LogP contribution >= 0.6 is 23.1 Å². The molecule has 0 atom stereocenters. The van der Waals surface area contributed by atoms with Crippen molar-refractivity contribution >= 4 is 45.4 Å². The molecule has 1 fully saturated rings. The Balaban J connectivity index is 1.65.